The summed E-state index contributed by atoms with van der Waals surface area (Å²) >= 11 is -1.53. The first kappa shape index (κ1) is 23.2. The van der Waals surface area contributed by atoms with E-state index in [4.69, 9.17) is 14.2 Å². The normalized spacial score (nSPS) is 30.3. The third-order valence-electron chi connectivity index (χ3n) is 7.84. The molecule has 3 fully saturated rings. The zero-order valence-corrected chi connectivity index (χ0v) is 21.1. The summed E-state index contributed by atoms with van der Waals surface area (Å²) < 4.78 is 23.8. The van der Waals surface area contributed by atoms with Gasteiger partial charge in [0.05, 0.1) is 0 Å². The van der Waals surface area contributed by atoms with E-state index in [9.17, 15) is 0 Å². The predicted octanol–water partition coefficient (Wildman–Crippen LogP) is -1.45. The summed E-state index contributed by atoms with van der Waals surface area (Å²) in [6.45, 7) is 14.4. The number of ether oxygens (including phenoxy) is 3. The molecule has 0 bridgehead atoms. The van der Waals surface area contributed by atoms with Gasteiger partial charge in [0.25, 0.3) is 0 Å². The van der Waals surface area contributed by atoms with Crippen molar-refractivity contribution in [1.29, 1.82) is 0 Å². The monoisotopic (exact) mass is 513 g/mol. The van der Waals surface area contributed by atoms with E-state index in [2.05, 4.69) is 25.9 Å². The fraction of sp³-hybridized carbons (Fsp3) is 1.00. The summed E-state index contributed by atoms with van der Waals surface area (Å²) in [5.74, 6) is 0.805. The average Bonchev–Trinajstić information content (AvgIpc) is 2.68. The Morgan fingerprint density at radius 3 is 1.93 bits per heavy atom. The van der Waals surface area contributed by atoms with E-state index >= 15 is 0 Å². The Hall–Kier alpha value is 0.530. The van der Waals surface area contributed by atoms with E-state index in [-0.39, 0.29) is 0 Å². The van der Waals surface area contributed by atoms with Gasteiger partial charge in [-0.1, -0.05) is 0 Å². The van der Waals surface area contributed by atoms with Crippen LogP contribution in [0.5, 0.6) is 0 Å². The number of quaternary nitrogens is 2. The quantitative estimate of drug-likeness (QED) is 0.226. The summed E-state index contributed by atoms with van der Waals surface area (Å²) in [6, 6.07) is 0.770. The molecule has 0 aromatic carbocycles. The number of halogens is 1. The molecule has 0 aromatic heterocycles. The summed E-state index contributed by atoms with van der Waals surface area (Å²) in [5.41, 5.74) is 0. The second-order valence-corrected chi connectivity index (χ2v) is 21.2. The third kappa shape index (κ3) is 6.27. The summed E-state index contributed by atoms with van der Waals surface area (Å²) in [6.07, 6.45) is 2.78. The van der Waals surface area contributed by atoms with Crippen molar-refractivity contribution in [2.75, 3.05) is 105 Å². The first-order valence-corrected chi connectivity index (χ1v) is 18.1. The van der Waals surface area contributed by atoms with Gasteiger partial charge < -0.3 is 0 Å². The zero-order chi connectivity index (χ0) is 20.1. The van der Waals surface area contributed by atoms with Crippen molar-refractivity contribution in [2.45, 2.75) is 25.8 Å². The molecule has 3 heterocycles. The van der Waals surface area contributed by atoms with Crippen LogP contribution in [0.1, 0.15) is 19.8 Å². The molecule has 3 aliphatic heterocycles. The van der Waals surface area contributed by atoms with Gasteiger partial charge in [-0.25, -0.2) is 0 Å². The topological polar surface area (TPSA) is 27.7 Å². The second kappa shape index (κ2) is 10.2. The molecular weight excluding hydrogens is 467 g/mol. The summed E-state index contributed by atoms with van der Waals surface area (Å²) in [4.78, 5) is 2.67. The van der Waals surface area contributed by atoms with E-state index < -0.39 is 18.4 Å². The van der Waals surface area contributed by atoms with Gasteiger partial charge in [-0.15, -0.1) is 0 Å². The van der Waals surface area contributed by atoms with E-state index in [0.29, 0.717) is 0 Å². The van der Waals surface area contributed by atoms with Crippen LogP contribution in [-0.2, 0) is 14.2 Å². The van der Waals surface area contributed by atoms with Gasteiger partial charge in [0.2, 0.25) is 0 Å². The Morgan fingerprint density at radius 2 is 1.32 bits per heavy atom. The van der Waals surface area contributed by atoms with Gasteiger partial charge in [0, 0.05) is 0 Å². The van der Waals surface area contributed by atoms with E-state index in [1.165, 1.54) is 67.8 Å². The first-order valence-electron chi connectivity index (χ1n) is 11.4. The molecule has 168 valence electrons. The maximum atomic E-state index is 5.74. The molecule has 3 aliphatic rings. The van der Waals surface area contributed by atoms with E-state index in [1.54, 1.807) is 0 Å². The molecule has 0 saturated carbocycles. The first-order chi connectivity index (χ1) is 13.3. The van der Waals surface area contributed by atoms with Gasteiger partial charge >= 0.3 is 178 Å². The van der Waals surface area contributed by atoms with Crippen molar-refractivity contribution in [2.24, 2.45) is 5.92 Å². The number of hydrogen-bond acceptors (Lipinski definition) is 3. The standard InChI is InChI=1S/C22H46IN2O3/c1-21(5-7-23(2)8-15-26-16-9-23)22(25(4)13-19-28-20-14-25)6-10-24(3)11-17-27-18-12-24/h21-22H,5-20H2,1-4H3/q+1. The molecule has 3 saturated heterocycles. The second-order valence-electron chi connectivity index (χ2n) is 10.1. The van der Waals surface area contributed by atoms with Crippen molar-refractivity contribution in [3.05, 3.63) is 0 Å². The third-order valence-corrected chi connectivity index (χ3v) is 17.2. The summed E-state index contributed by atoms with van der Waals surface area (Å²) in [7, 11) is 4.96. The van der Waals surface area contributed by atoms with Crippen molar-refractivity contribution in [1.82, 2.24) is 0 Å². The SMILES string of the molecule is CC(CC[I-]1(C)CCOCC1)C(CC[N+]1(C)CCOCC1)[N+]1(C)CCOCC1. The van der Waals surface area contributed by atoms with Crippen molar-refractivity contribution >= 4 is 0 Å². The van der Waals surface area contributed by atoms with Crippen LogP contribution in [0.2, 0.25) is 0 Å². The number of hydrogen-bond donors (Lipinski definition) is 0. The van der Waals surface area contributed by atoms with Crippen molar-refractivity contribution < 1.29 is 41.6 Å². The predicted molar refractivity (Wildman–Crippen MR) is 112 cm³/mol. The molecular formula is C22H46IN2O3+. The fourth-order valence-electron chi connectivity index (χ4n) is 5.25. The Bertz CT molecular complexity index is 472. The van der Waals surface area contributed by atoms with E-state index in [1.807, 2.05) is 0 Å². The van der Waals surface area contributed by atoms with Crippen LogP contribution >= 0.6 is 0 Å². The number of morpholine rings is 2. The minimum atomic E-state index is -1.53. The van der Waals surface area contributed by atoms with Crippen LogP contribution < -0.4 is 18.4 Å². The summed E-state index contributed by atoms with van der Waals surface area (Å²) in [5, 5.41) is 0. The maximum absolute atomic E-state index is 5.74. The van der Waals surface area contributed by atoms with Crippen LogP contribution in [0.3, 0.4) is 0 Å². The average molecular weight is 514 g/mol. The number of nitrogens with zero attached hydrogens (tertiary/aromatic N) is 2. The molecule has 3 rings (SSSR count). The molecule has 0 N–H and O–H groups in total. The minimum absolute atomic E-state index is 0.770. The van der Waals surface area contributed by atoms with Gasteiger partial charge in [0.1, 0.15) is 0 Å². The van der Waals surface area contributed by atoms with Gasteiger partial charge in [-0.2, -0.15) is 0 Å². The van der Waals surface area contributed by atoms with Gasteiger partial charge in [-0.05, 0) is 0 Å². The van der Waals surface area contributed by atoms with Crippen LogP contribution in [0.25, 0.3) is 0 Å². The molecule has 0 amide bonds. The molecule has 0 aliphatic carbocycles. The van der Waals surface area contributed by atoms with Crippen LogP contribution in [0.15, 0.2) is 0 Å². The number of likely N-dealkylation sites (N-methyl/N-ethyl adjacent to an activating group) is 2. The Morgan fingerprint density at radius 1 is 0.786 bits per heavy atom. The Balaban J connectivity index is 1.62. The fourth-order valence-corrected chi connectivity index (χ4v) is 12.1. The molecule has 5 nitrogen and oxygen atoms in total. The molecule has 0 spiro atoms. The Labute approximate surface area is 177 Å². The number of rotatable bonds is 8. The zero-order valence-electron chi connectivity index (χ0n) is 19.0. The van der Waals surface area contributed by atoms with Gasteiger partial charge in [0.15, 0.2) is 0 Å². The molecule has 6 heteroatoms. The molecule has 2 unspecified atom stereocenters. The van der Waals surface area contributed by atoms with Crippen LogP contribution in [0.4, 0.5) is 0 Å². The van der Waals surface area contributed by atoms with E-state index in [0.717, 1.165) is 51.6 Å². The Kier molecular flexibility index (Phi) is 8.47. The molecule has 28 heavy (non-hydrogen) atoms. The van der Waals surface area contributed by atoms with Crippen molar-refractivity contribution in [3.63, 3.8) is 0 Å². The van der Waals surface area contributed by atoms with Gasteiger partial charge in [-0.3, -0.25) is 0 Å². The number of alkyl halides is 4. The van der Waals surface area contributed by atoms with Crippen molar-refractivity contribution in [3.8, 4) is 0 Å². The molecule has 2 atom stereocenters. The molecule has 0 aromatic rings. The molecule has 0 radical (unpaired) electrons. The van der Waals surface area contributed by atoms with Crippen LogP contribution in [-0.4, -0.2) is 120 Å². The van der Waals surface area contributed by atoms with Crippen LogP contribution in [0, 0.1) is 5.92 Å².